The van der Waals surface area contributed by atoms with Crippen LogP contribution in [0.1, 0.15) is 51.4 Å². The Kier molecular flexibility index (Phi) is 25.2. The van der Waals surface area contributed by atoms with Gasteiger partial charge in [-0.25, -0.2) is 0 Å². The van der Waals surface area contributed by atoms with Crippen molar-refractivity contribution in [1.82, 2.24) is 0 Å². The van der Waals surface area contributed by atoms with E-state index in [4.69, 9.17) is 5.73 Å². The molecule has 0 fully saturated rings. The standard InChI is InChI=1S/C11H21NO.2Na/c1-2-3-4-5-6-7-8-9-10-11(12)13;;/h2H,1,3-10H2,(H2,12,13);;. The van der Waals surface area contributed by atoms with Crippen molar-refractivity contribution in [1.29, 1.82) is 0 Å². The third kappa shape index (κ3) is 21.1. The van der Waals surface area contributed by atoms with Crippen LogP contribution in [0.5, 0.6) is 0 Å². The zero-order valence-corrected chi connectivity index (χ0v) is 14.4. The number of primary amides is 1. The van der Waals surface area contributed by atoms with E-state index in [2.05, 4.69) is 6.58 Å². The van der Waals surface area contributed by atoms with Gasteiger partial charge >= 0.3 is 0 Å². The molecule has 0 aliphatic carbocycles. The van der Waals surface area contributed by atoms with E-state index in [-0.39, 0.29) is 65.0 Å². The first-order chi connectivity index (χ1) is 6.27. The number of carbonyl (C=O) groups excluding carboxylic acids is 1. The van der Waals surface area contributed by atoms with E-state index < -0.39 is 0 Å². The van der Waals surface area contributed by atoms with Crippen molar-refractivity contribution >= 4 is 65.0 Å². The zero-order valence-electron chi connectivity index (χ0n) is 10.4. The first kappa shape index (κ1) is 21.5. The number of unbranched alkanes of at least 4 members (excludes halogenated alkanes) is 6. The molecule has 1 amide bonds. The van der Waals surface area contributed by atoms with E-state index in [1.165, 1.54) is 25.7 Å². The second-order valence-electron chi connectivity index (χ2n) is 3.41. The Hall–Kier alpha value is 1.21. The molecule has 2 radical (unpaired) electrons. The number of carbonyl (C=O) groups is 1. The molecule has 0 aromatic heterocycles. The van der Waals surface area contributed by atoms with Gasteiger partial charge in [-0.1, -0.05) is 31.8 Å². The van der Waals surface area contributed by atoms with Gasteiger partial charge in [0, 0.05) is 65.5 Å². The molecule has 0 atom stereocenters. The maximum absolute atomic E-state index is 10.4. The minimum absolute atomic E-state index is 0. The number of nitrogens with two attached hydrogens (primary N) is 1. The summed E-state index contributed by atoms with van der Waals surface area (Å²) in [5.41, 5.74) is 5.02. The number of allylic oxidation sites excluding steroid dienone is 1. The smallest absolute Gasteiger partial charge is 0.217 e. The molecule has 2 nitrogen and oxygen atoms in total. The predicted molar refractivity (Wildman–Crippen MR) is 67.8 cm³/mol. The molecule has 0 bridgehead atoms. The minimum Gasteiger partial charge on any atom is -0.370 e. The second kappa shape index (κ2) is 17.6. The first-order valence-corrected chi connectivity index (χ1v) is 5.16. The summed E-state index contributed by atoms with van der Waals surface area (Å²) in [6, 6.07) is 0. The molecule has 2 N–H and O–H groups in total. The Morgan fingerprint density at radius 3 is 1.93 bits per heavy atom. The average molecular weight is 229 g/mol. The molecule has 4 heteroatoms. The monoisotopic (exact) mass is 229 g/mol. The van der Waals surface area contributed by atoms with Crippen LogP contribution in [0.2, 0.25) is 0 Å². The molecule has 0 unspecified atom stereocenters. The molecule has 0 aromatic rings. The van der Waals surface area contributed by atoms with Gasteiger partial charge in [0.1, 0.15) is 0 Å². The predicted octanol–water partition coefficient (Wildman–Crippen LogP) is 2.02. The van der Waals surface area contributed by atoms with Crippen LogP contribution in [0.15, 0.2) is 12.7 Å². The third-order valence-corrected chi connectivity index (χ3v) is 2.08. The van der Waals surface area contributed by atoms with E-state index >= 15 is 0 Å². The average Bonchev–Trinajstić information content (AvgIpc) is 2.09. The quantitative estimate of drug-likeness (QED) is 0.367. The number of amides is 1. The van der Waals surface area contributed by atoms with Gasteiger partial charge < -0.3 is 5.73 Å². The Balaban J connectivity index is -0.000000720. The molecule has 0 spiro atoms. The molecule has 0 heterocycles. The van der Waals surface area contributed by atoms with Crippen LogP contribution in [0, 0.1) is 0 Å². The SMILES string of the molecule is C=CCCCCCCCCC(N)=O.[Na].[Na]. The molecule has 0 saturated carbocycles. The van der Waals surface area contributed by atoms with Crippen LogP contribution in [-0.2, 0) is 4.79 Å². The molecule has 15 heavy (non-hydrogen) atoms. The molecule has 78 valence electrons. The van der Waals surface area contributed by atoms with Gasteiger partial charge in [-0.2, -0.15) is 0 Å². The number of hydrogen-bond acceptors (Lipinski definition) is 1. The zero-order chi connectivity index (χ0) is 9.94. The van der Waals surface area contributed by atoms with Crippen molar-refractivity contribution < 1.29 is 4.79 Å². The van der Waals surface area contributed by atoms with Crippen LogP contribution < -0.4 is 5.73 Å². The van der Waals surface area contributed by atoms with Crippen LogP contribution >= 0.6 is 0 Å². The summed E-state index contributed by atoms with van der Waals surface area (Å²) in [4.78, 5) is 10.4. The molecule has 0 saturated heterocycles. The topological polar surface area (TPSA) is 43.1 Å². The number of rotatable bonds is 9. The van der Waals surface area contributed by atoms with Gasteiger partial charge in [0.25, 0.3) is 0 Å². The molecule has 0 aliphatic rings. The fourth-order valence-electron chi connectivity index (χ4n) is 1.30. The fraction of sp³-hybridized carbons (Fsp3) is 0.727. The van der Waals surface area contributed by atoms with Gasteiger partial charge in [-0.05, 0) is 19.3 Å². The largest absolute Gasteiger partial charge is 0.370 e. The van der Waals surface area contributed by atoms with E-state index in [1.807, 2.05) is 6.08 Å². The van der Waals surface area contributed by atoms with Crippen molar-refractivity contribution in [2.45, 2.75) is 51.4 Å². The molecule has 0 aromatic carbocycles. The summed E-state index contributed by atoms with van der Waals surface area (Å²) in [6.45, 7) is 3.68. The maximum Gasteiger partial charge on any atom is 0.217 e. The molecular formula is C11H21NNa2O. The van der Waals surface area contributed by atoms with Crippen molar-refractivity contribution in [2.75, 3.05) is 0 Å². The Morgan fingerprint density at radius 2 is 1.47 bits per heavy atom. The Labute approximate surface area is 138 Å². The number of hydrogen-bond donors (Lipinski definition) is 1. The van der Waals surface area contributed by atoms with Gasteiger partial charge in [-0.3, -0.25) is 4.79 Å². The van der Waals surface area contributed by atoms with E-state index in [1.54, 1.807) is 0 Å². The third-order valence-electron chi connectivity index (χ3n) is 2.08. The molecular weight excluding hydrogens is 208 g/mol. The van der Waals surface area contributed by atoms with Gasteiger partial charge in [0.15, 0.2) is 0 Å². The molecule has 0 rings (SSSR count). The van der Waals surface area contributed by atoms with Gasteiger partial charge in [0.2, 0.25) is 5.91 Å². The van der Waals surface area contributed by atoms with Crippen molar-refractivity contribution in [3.63, 3.8) is 0 Å². The fourth-order valence-corrected chi connectivity index (χ4v) is 1.30. The van der Waals surface area contributed by atoms with Crippen LogP contribution in [0.25, 0.3) is 0 Å². The van der Waals surface area contributed by atoms with Crippen LogP contribution in [0.3, 0.4) is 0 Å². The second-order valence-corrected chi connectivity index (χ2v) is 3.41. The van der Waals surface area contributed by atoms with Crippen molar-refractivity contribution in [3.8, 4) is 0 Å². The van der Waals surface area contributed by atoms with Gasteiger partial charge in [0.05, 0.1) is 0 Å². The van der Waals surface area contributed by atoms with Crippen LogP contribution in [-0.4, -0.2) is 65.0 Å². The van der Waals surface area contributed by atoms with E-state index in [9.17, 15) is 4.79 Å². The van der Waals surface area contributed by atoms with Crippen molar-refractivity contribution in [2.24, 2.45) is 5.73 Å². The van der Waals surface area contributed by atoms with E-state index in [0.717, 1.165) is 19.3 Å². The normalized spacial score (nSPS) is 8.53. The Morgan fingerprint density at radius 1 is 1.00 bits per heavy atom. The van der Waals surface area contributed by atoms with Crippen LogP contribution in [0.4, 0.5) is 0 Å². The van der Waals surface area contributed by atoms with E-state index in [0.29, 0.717) is 6.42 Å². The summed E-state index contributed by atoms with van der Waals surface area (Å²) >= 11 is 0. The molecule has 0 aliphatic heterocycles. The first-order valence-electron chi connectivity index (χ1n) is 5.16. The summed E-state index contributed by atoms with van der Waals surface area (Å²) in [7, 11) is 0. The van der Waals surface area contributed by atoms with Crippen molar-refractivity contribution in [3.05, 3.63) is 12.7 Å². The Bertz CT molecular complexity index is 152. The summed E-state index contributed by atoms with van der Waals surface area (Å²) in [5.74, 6) is -0.174. The maximum atomic E-state index is 10.4. The minimum atomic E-state index is -0.174. The van der Waals surface area contributed by atoms with Gasteiger partial charge in [-0.15, -0.1) is 6.58 Å². The summed E-state index contributed by atoms with van der Waals surface area (Å²) in [5, 5.41) is 0. The summed E-state index contributed by atoms with van der Waals surface area (Å²) < 4.78 is 0. The summed E-state index contributed by atoms with van der Waals surface area (Å²) in [6.07, 6.45) is 10.8.